The van der Waals surface area contributed by atoms with E-state index >= 15 is 0 Å². The zero-order chi connectivity index (χ0) is 12.3. The van der Waals surface area contributed by atoms with E-state index in [2.05, 4.69) is 9.88 Å². The van der Waals surface area contributed by atoms with E-state index in [1.807, 2.05) is 0 Å². The van der Waals surface area contributed by atoms with Gasteiger partial charge in [-0.3, -0.25) is 15.3 Å². The predicted molar refractivity (Wildman–Crippen MR) is 64.1 cm³/mol. The number of halogens is 1. The molecule has 4 nitrogen and oxygen atoms in total. The molecule has 1 aliphatic heterocycles. The lowest BCUT2D eigenvalue weighted by molar-refractivity contribution is 0.195. The van der Waals surface area contributed by atoms with Crippen LogP contribution < -0.4 is 5.73 Å². The summed E-state index contributed by atoms with van der Waals surface area (Å²) in [5.41, 5.74) is 6.40. The zero-order valence-corrected chi connectivity index (χ0v) is 9.69. The van der Waals surface area contributed by atoms with Gasteiger partial charge < -0.3 is 5.73 Å². The Bertz CT molecular complexity index is 407. The number of nitrogens with two attached hydrogens (primary N) is 1. The topological polar surface area (TPSA) is 66.0 Å². The number of piperidine rings is 1. The van der Waals surface area contributed by atoms with E-state index in [-0.39, 0.29) is 17.6 Å². The lowest BCUT2D eigenvalue weighted by Gasteiger charge is -2.31. The number of hydrogen-bond acceptors (Lipinski definition) is 3. The minimum Gasteiger partial charge on any atom is -0.387 e. The number of nitrogens with zero attached hydrogens (tertiary/aromatic N) is 2. The number of nitrogens with one attached hydrogen (secondary N) is 1. The third-order valence-corrected chi connectivity index (χ3v) is 3.11. The van der Waals surface area contributed by atoms with Crippen molar-refractivity contribution in [3.63, 3.8) is 0 Å². The Labute approximate surface area is 100 Å². The highest BCUT2D eigenvalue weighted by molar-refractivity contribution is 5.79. The second-order valence-corrected chi connectivity index (χ2v) is 4.54. The largest absolute Gasteiger partial charge is 0.387 e. The van der Waals surface area contributed by atoms with E-state index in [1.165, 1.54) is 12.3 Å². The van der Waals surface area contributed by atoms with Crippen LogP contribution in [-0.4, -0.2) is 28.8 Å². The molecule has 0 radical (unpaired) electrons. The molecule has 92 valence electrons. The summed E-state index contributed by atoms with van der Waals surface area (Å²) in [6, 6.07) is 1.50. The quantitative estimate of drug-likeness (QED) is 0.615. The smallest absolute Gasteiger partial charge is 0.141 e. The molecule has 17 heavy (non-hydrogen) atoms. The number of amidine groups is 1. The van der Waals surface area contributed by atoms with Gasteiger partial charge in [0.1, 0.15) is 5.82 Å². The first-order chi connectivity index (χ1) is 8.15. The summed E-state index contributed by atoms with van der Waals surface area (Å²) in [7, 11) is 0. The van der Waals surface area contributed by atoms with Gasteiger partial charge >= 0.3 is 0 Å². The summed E-state index contributed by atoms with van der Waals surface area (Å²) >= 11 is 0. The van der Waals surface area contributed by atoms with E-state index in [4.69, 9.17) is 11.1 Å². The van der Waals surface area contributed by atoms with Crippen molar-refractivity contribution >= 4 is 5.84 Å². The molecule has 3 N–H and O–H groups in total. The first-order valence-corrected chi connectivity index (χ1v) is 5.81. The van der Waals surface area contributed by atoms with Crippen LogP contribution in [0.2, 0.25) is 0 Å². The van der Waals surface area contributed by atoms with Crippen LogP contribution in [0.1, 0.15) is 18.4 Å². The van der Waals surface area contributed by atoms with Crippen molar-refractivity contribution < 1.29 is 4.39 Å². The summed E-state index contributed by atoms with van der Waals surface area (Å²) < 4.78 is 13.0. The van der Waals surface area contributed by atoms with Crippen molar-refractivity contribution in [2.24, 2.45) is 11.7 Å². The number of pyridine rings is 1. The van der Waals surface area contributed by atoms with Gasteiger partial charge in [0.15, 0.2) is 0 Å². The minimum atomic E-state index is -0.303. The van der Waals surface area contributed by atoms with Gasteiger partial charge in [0.25, 0.3) is 0 Å². The molecule has 0 spiro atoms. The maximum absolute atomic E-state index is 13.0. The normalized spacial score (nSPS) is 21.4. The van der Waals surface area contributed by atoms with Crippen LogP contribution in [0, 0.1) is 17.1 Å². The minimum absolute atomic E-state index is 0.144. The van der Waals surface area contributed by atoms with E-state index in [9.17, 15) is 4.39 Å². The summed E-state index contributed by atoms with van der Waals surface area (Å²) in [6.07, 6.45) is 4.90. The van der Waals surface area contributed by atoms with Gasteiger partial charge in [-0.25, -0.2) is 4.39 Å². The van der Waals surface area contributed by atoms with Gasteiger partial charge in [-0.1, -0.05) is 0 Å². The van der Waals surface area contributed by atoms with Crippen molar-refractivity contribution in [2.75, 3.05) is 13.1 Å². The highest BCUT2D eigenvalue weighted by Gasteiger charge is 2.21. The maximum Gasteiger partial charge on any atom is 0.141 e. The molecule has 0 aromatic carbocycles. The highest BCUT2D eigenvalue weighted by atomic mass is 19.1. The van der Waals surface area contributed by atoms with E-state index in [0.717, 1.165) is 31.5 Å². The maximum atomic E-state index is 13.0. The van der Waals surface area contributed by atoms with Crippen molar-refractivity contribution in [1.82, 2.24) is 9.88 Å². The molecule has 2 rings (SSSR count). The van der Waals surface area contributed by atoms with E-state index in [0.29, 0.717) is 6.54 Å². The Morgan fingerprint density at radius 3 is 3.12 bits per heavy atom. The molecule has 1 aromatic rings. The fourth-order valence-electron chi connectivity index (χ4n) is 2.25. The Morgan fingerprint density at radius 2 is 2.41 bits per heavy atom. The fraction of sp³-hybridized carbons (Fsp3) is 0.500. The predicted octanol–water partition coefficient (Wildman–Crippen LogP) is 1.37. The van der Waals surface area contributed by atoms with Crippen LogP contribution in [-0.2, 0) is 6.54 Å². The lowest BCUT2D eigenvalue weighted by Crippen LogP contribution is -2.40. The van der Waals surface area contributed by atoms with Gasteiger partial charge in [-0.15, -0.1) is 0 Å². The van der Waals surface area contributed by atoms with E-state index in [1.54, 1.807) is 6.20 Å². The molecular weight excluding hydrogens is 219 g/mol. The first kappa shape index (κ1) is 12.0. The molecular formula is C12H17FN4. The van der Waals surface area contributed by atoms with Gasteiger partial charge in [-0.2, -0.15) is 0 Å². The molecule has 1 saturated heterocycles. The van der Waals surface area contributed by atoms with Crippen LogP contribution in [0.4, 0.5) is 4.39 Å². The van der Waals surface area contributed by atoms with Crippen molar-refractivity contribution in [3.8, 4) is 0 Å². The molecule has 0 amide bonds. The molecule has 0 bridgehead atoms. The van der Waals surface area contributed by atoms with Crippen molar-refractivity contribution in [3.05, 3.63) is 29.8 Å². The monoisotopic (exact) mass is 236 g/mol. The van der Waals surface area contributed by atoms with E-state index < -0.39 is 0 Å². The first-order valence-electron chi connectivity index (χ1n) is 5.81. The summed E-state index contributed by atoms with van der Waals surface area (Å²) in [5, 5.41) is 7.47. The Hall–Kier alpha value is -1.49. The number of rotatable bonds is 3. The molecule has 1 atom stereocenters. The van der Waals surface area contributed by atoms with Gasteiger partial charge in [0.05, 0.1) is 12.0 Å². The van der Waals surface area contributed by atoms with Crippen LogP contribution >= 0.6 is 0 Å². The zero-order valence-electron chi connectivity index (χ0n) is 9.69. The Kier molecular flexibility index (Phi) is 3.68. The summed E-state index contributed by atoms with van der Waals surface area (Å²) in [5.74, 6) is 0.0972. The van der Waals surface area contributed by atoms with Crippen molar-refractivity contribution in [1.29, 1.82) is 5.41 Å². The van der Waals surface area contributed by atoms with Gasteiger partial charge in [0, 0.05) is 25.2 Å². The number of likely N-dealkylation sites (tertiary alicyclic amines) is 1. The molecule has 1 fully saturated rings. The molecule has 0 aliphatic carbocycles. The van der Waals surface area contributed by atoms with Crippen LogP contribution in [0.3, 0.4) is 0 Å². The highest BCUT2D eigenvalue weighted by Crippen LogP contribution is 2.18. The number of aromatic nitrogens is 1. The average Bonchev–Trinajstić information content (AvgIpc) is 2.29. The van der Waals surface area contributed by atoms with Crippen LogP contribution in [0.15, 0.2) is 18.5 Å². The molecule has 0 saturated carbocycles. The molecule has 1 aliphatic rings. The SMILES string of the molecule is N=C(N)C1CCCN(Cc2cncc(F)c2)C1. The second-order valence-electron chi connectivity index (χ2n) is 4.54. The third kappa shape index (κ3) is 3.23. The summed E-state index contributed by atoms with van der Waals surface area (Å²) in [4.78, 5) is 6.04. The Morgan fingerprint density at radius 1 is 1.59 bits per heavy atom. The van der Waals surface area contributed by atoms with Crippen LogP contribution in [0.25, 0.3) is 0 Å². The Balaban J connectivity index is 1.97. The second kappa shape index (κ2) is 5.23. The fourth-order valence-corrected chi connectivity index (χ4v) is 2.25. The lowest BCUT2D eigenvalue weighted by atomic mass is 9.97. The average molecular weight is 236 g/mol. The molecule has 5 heteroatoms. The van der Waals surface area contributed by atoms with Crippen molar-refractivity contribution in [2.45, 2.75) is 19.4 Å². The molecule has 1 unspecified atom stereocenters. The number of hydrogen-bond donors (Lipinski definition) is 2. The summed E-state index contributed by atoms with van der Waals surface area (Å²) in [6.45, 7) is 2.43. The standard InChI is InChI=1S/C12H17FN4/c13-11-4-9(5-16-6-11)7-17-3-1-2-10(8-17)12(14)15/h4-6,10H,1-3,7-8H2,(H3,14,15). The van der Waals surface area contributed by atoms with Gasteiger partial charge in [-0.05, 0) is 31.0 Å². The third-order valence-electron chi connectivity index (χ3n) is 3.11. The molecule has 1 aromatic heterocycles. The molecule has 2 heterocycles. The van der Waals surface area contributed by atoms with Gasteiger partial charge in [0.2, 0.25) is 0 Å². The van der Waals surface area contributed by atoms with Crippen LogP contribution in [0.5, 0.6) is 0 Å².